The number of amides is 1. The minimum Gasteiger partial charge on any atom is -0.467 e. The van der Waals surface area contributed by atoms with Gasteiger partial charge >= 0.3 is 0 Å². The summed E-state index contributed by atoms with van der Waals surface area (Å²) in [7, 11) is 0. The van der Waals surface area contributed by atoms with E-state index < -0.39 is 0 Å². The average molecular weight is 325 g/mol. The lowest BCUT2D eigenvalue weighted by Gasteiger charge is -2.12. The van der Waals surface area contributed by atoms with E-state index in [1.165, 1.54) is 6.26 Å². The number of furan rings is 1. The number of anilines is 1. The number of nitrogens with one attached hydrogen (secondary N) is 1. The van der Waals surface area contributed by atoms with Gasteiger partial charge in [0.2, 0.25) is 0 Å². The molecule has 0 aliphatic carbocycles. The maximum Gasteiger partial charge on any atom is 0.258 e. The molecule has 1 heterocycles. The lowest BCUT2D eigenvalue weighted by Crippen LogP contribution is -2.12. The third-order valence-electron chi connectivity index (χ3n) is 2.67. The van der Waals surface area contributed by atoms with Gasteiger partial charge < -0.3 is 15.5 Å². The van der Waals surface area contributed by atoms with Crippen molar-refractivity contribution in [1.29, 1.82) is 0 Å². The number of carbonyl (C=O) groups is 1. The van der Waals surface area contributed by atoms with Crippen LogP contribution in [0.5, 0.6) is 0 Å². The number of hydrogen-bond donors (Lipinski definition) is 2. The largest absolute Gasteiger partial charge is 0.467 e. The number of thioether (sulfide) groups is 1. The second-order valence-corrected chi connectivity index (χ2v) is 6.82. The Morgan fingerprint density at radius 2 is 2.19 bits per heavy atom. The Kier molecular flexibility index (Phi) is 5.33. The van der Waals surface area contributed by atoms with Crippen LogP contribution in [-0.2, 0) is 6.54 Å². The molecule has 3 N–H and O–H groups in total. The highest BCUT2D eigenvalue weighted by Crippen LogP contribution is 2.32. The molecule has 0 aliphatic heterocycles. The minimum absolute atomic E-state index is 0.244. The molecule has 21 heavy (non-hydrogen) atoms. The summed E-state index contributed by atoms with van der Waals surface area (Å²) in [5.74, 6) is 0.328. The van der Waals surface area contributed by atoms with Gasteiger partial charge in [-0.05, 0) is 24.3 Å². The molecule has 4 nitrogen and oxygen atoms in total. The van der Waals surface area contributed by atoms with Crippen LogP contribution in [-0.4, -0.2) is 11.2 Å². The van der Waals surface area contributed by atoms with Gasteiger partial charge in [-0.3, -0.25) is 4.79 Å². The summed E-state index contributed by atoms with van der Waals surface area (Å²) in [5, 5.41) is 3.84. The normalized spacial score (nSPS) is 10.9. The van der Waals surface area contributed by atoms with Crippen LogP contribution in [0.2, 0.25) is 5.02 Å². The molecule has 112 valence electrons. The highest BCUT2D eigenvalue weighted by molar-refractivity contribution is 8.00. The van der Waals surface area contributed by atoms with Gasteiger partial charge in [0.15, 0.2) is 0 Å². The van der Waals surface area contributed by atoms with Gasteiger partial charge in [-0.2, -0.15) is 0 Å². The molecule has 1 aromatic heterocycles. The predicted molar refractivity (Wildman–Crippen MR) is 87.0 cm³/mol. The van der Waals surface area contributed by atoms with Crippen LogP contribution in [0.3, 0.4) is 0 Å². The van der Waals surface area contributed by atoms with E-state index in [9.17, 15) is 4.79 Å². The molecular weight excluding hydrogens is 308 g/mol. The quantitative estimate of drug-likeness (QED) is 0.811. The molecule has 0 saturated carbocycles. The van der Waals surface area contributed by atoms with Crippen LogP contribution >= 0.6 is 23.4 Å². The fraction of sp³-hybridized carbons (Fsp3) is 0.267. The summed E-state index contributed by atoms with van der Waals surface area (Å²) in [5.41, 5.74) is 6.61. The van der Waals surface area contributed by atoms with Crippen molar-refractivity contribution in [1.82, 2.24) is 0 Å². The second kappa shape index (κ2) is 7.02. The Morgan fingerprint density at radius 1 is 1.43 bits per heavy atom. The van der Waals surface area contributed by atoms with Crippen LogP contribution in [0.25, 0.3) is 0 Å². The summed E-state index contributed by atoms with van der Waals surface area (Å²) in [6.45, 7) is 4.45. The number of nitrogens with two attached hydrogens (primary N) is 1. The summed E-state index contributed by atoms with van der Waals surface area (Å²) in [4.78, 5) is 13.2. The van der Waals surface area contributed by atoms with E-state index in [-0.39, 0.29) is 12.5 Å². The third-order valence-corrected chi connectivity index (χ3v) is 3.99. The van der Waals surface area contributed by atoms with Crippen molar-refractivity contribution in [3.63, 3.8) is 0 Å². The molecular formula is C15H17ClN2O2S. The molecule has 1 aromatic carbocycles. The van der Waals surface area contributed by atoms with Crippen LogP contribution in [0.4, 0.5) is 5.69 Å². The van der Waals surface area contributed by atoms with Gasteiger partial charge in [0.25, 0.3) is 5.91 Å². The van der Waals surface area contributed by atoms with Crippen LogP contribution in [0.1, 0.15) is 30.0 Å². The fourth-order valence-corrected chi connectivity index (χ4v) is 2.82. The first-order valence-corrected chi connectivity index (χ1v) is 7.80. The second-order valence-electron chi connectivity index (χ2n) is 4.77. The molecule has 0 atom stereocenters. The first kappa shape index (κ1) is 15.9. The van der Waals surface area contributed by atoms with E-state index in [0.717, 1.165) is 4.90 Å². The number of rotatable bonds is 5. The van der Waals surface area contributed by atoms with Gasteiger partial charge in [0, 0.05) is 15.2 Å². The van der Waals surface area contributed by atoms with E-state index in [2.05, 4.69) is 19.2 Å². The Labute approximate surface area is 133 Å². The molecule has 6 heteroatoms. The average Bonchev–Trinajstić information content (AvgIpc) is 2.90. The molecule has 0 bridgehead atoms. The predicted octanol–water partition coefficient (Wildman–Crippen LogP) is 4.14. The zero-order valence-corrected chi connectivity index (χ0v) is 13.4. The minimum atomic E-state index is -0.244. The third kappa shape index (κ3) is 4.27. The standard InChI is InChI=1S/C15H17ClN2O2S/c1-9(2)21-14-4-3-11(16)6-13(14)18-15(19)10-5-12(7-17)20-8-10/h3-6,8-9H,7,17H2,1-2H3,(H,18,19). The molecule has 1 amide bonds. The van der Waals surface area contributed by atoms with E-state index in [1.54, 1.807) is 23.9 Å². The number of carbonyl (C=O) groups excluding carboxylic acids is 1. The monoisotopic (exact) mass is 324 g/mol. The van der Waals surface area contributed by atoms with Crippen molar-refractivity contribution >= 4 is 35.0 Å². The van der Waals surface area contributed by atoms with Gasteiger partial charge in [-0.1, -0.05) is 25.4 Å². The highest BCUT2D eigenvalue weighted by atomic mass is 35.5. The van der Waals surface area contributed by atoms with Crippen molar-refractivity contribution in [2.45, 2.75) is 30.5 Å². The SMILES string of the molecule is CC(C)Sc1ccc(Cl)cc1NC(=O)c1coc(CN)c1. The molecule has 0 aliphatic rings. The number of hydrogen-bond acceptors (Lipinski definition) is 4. The van der Waals surface area contributed by atoms with Crippen LogP contribution in [0, 0.1) is 0 Å². The van der Waals surface area contributed by atoms with Crippen LogP contribution < -0.4 is 11.1 Å². The lowest BCUT2D eigenvalue weighted by atomic mass is 10.2. The smallest absolute Gasteiger partial charge is 0.258 e. The number of benzene rings is 1. The molecule has 0 radical (unpaired) electrons. The van der Waals surface area contributed by atoms with Crippen molar-refractivity contribution in [2.75, 3.05) is 5.32 Å². The molecule has 0 saturated heterocycles. The van der Waals surface area contributed by atoms with Gasteiger partial charge in [0.05, 0.1) is 17.8 Å². The van der Waals surface area contributed by atoms with E-state index in [4.69, 9.17) is 21.8 Å². The van der Waals surface area contributed by atoms with E-state index in [1.807, 2.05) is 12.1 Å². The summed E-state index contributed by atoms with van der Waals surface area (Å²) in [6.07, 6.45) is 1.40. The first-order valence-electron chi connectivity index (χ1n) is 6.54. The van der Waals surface area contributed by atoms with Gasteiger partial charge in [0.1, 0.15) is 12.0 Å². The van der Waals surface area contributed by atoms with Crippen molar-refractivity contribution in [3.8, 4) is 0 Å². The Morgan fingerprint density at radius 3 is 2.81 bits per heavy atom. The van der Waals surface area contributed by atoms with Crippen molar-refractivity contribution in [2.24, 2.45) is 5.73 Å². The van der Waals surface area contributed by atoms with E-state index >= 15 is 0 Å². The molecule has 0 unspecified atom stereocenters. The molecule has 0 fully saturated rings. The van der Waals surface area contributed by atoms with Crippen molar-refractivity contribution in [3.05, 3.63) is 46.9 Å². The van der Waals surface area contributed by atoms with Crippen molar-refractivity contribution < 1.29 is 9.21 Å². The van der Waals surface area contributed by atoms with Crippen LogP contribution in [0.15, 0.2) is 39.8 Å². The Balaban J connectivity index is 2.21. The Bertz CT molecular complexity index is 640. The Hall–Kier alpha value is -1.43. The fourth-order valence-electron chi connectivity index (χ4n) is 1.76. The van der Waals surface area contributed by atoms with E-state index in [0.29, 0.717) is 27.3 Å². The zero-order valence-electron chi connectivity index (χ0n) is 11.9. The maximum absolute atomic E-state index is 12.2. The topological polar surface area (TPSA) is 68.3 Å². The molecule has 2 aromatic rings. The first-order chi connectivity index (χ1) is 9.99. The highest BCUT2D eigenvalue weighted by Gasteiger charge is 2.13. The lowest BCUT2D eigenvalue weighted by molar-refractivity contribution is 0.102. The summed E-state index contributed by atoms with van der Waals surface area (Å²) >= 11 is 7.68. The molecule has 2 rings (SSSR count). The van der Waals surface area contributed by atoms with Gasteiger partial charge in [-0.25, -0.2) is 0 Å². The summed E-state index contributed by atoms with van der Waals surface area (Å²) < 4.78 is 5.17. The summed E-state index contributed by atoms with van der Waals surface area (Å²) in [6, 6.07) is 7.10. The van der Waals surface area contributed by atoms with Gasteiger partial charge in [-0.15, -0.1) is 11.8 Å². The zero-order chi connectivity index (χ0) is 15.4. The molecule has 0 spiro atoms. The maximum atomic E-state index is 12.2. The number of halogens is 1.